The highest BCUT2D eigenvalue weighted by atomic mass is 14.9. The van der Waals surface area contributed by atoms with Crippen molar-refractivity contribution in [2.24, 2.45) is 5.92 Å². The van der Waals surface area contributed by atoms with E-state index in [2.05, 4.69) is 9.97 Å². The molecule has 0 atom stereocenters. The largest absolute Gasteiger partial charge is 0.384 e. The van der Waals surface area contributed by atoms with Crippen molar-refractivity contribution < 1.29 is 0 Å². The van der Waals surface area contributed by atoms with Crippen LogP contribution in [0, 0.1) is 5.92 Å². The maximum absolute atomic E-state index is 5.50. The fraction of sp³-hybridized carbons (Fsp3) is 0.500. The van der Waals surface area contributed by atoms with E-state index in [0.29, 0.717) is 5.82 Å². The van der Waals surface area contributed by atoms with Crippen LogP contribution in [-0.4, -0.2) is 9.97 Å². The Hall–Kier alpha value is -1.12. The maximum Gasteiger partial charge on any atom is 0.126 e. The standard InChI is InChI=1S/C8H11N3/c9-8-4-7(10-5-11-8)3-6-1-2-6/h4-6H,1-3H2,(H2,9,10,11). The molecule has 0 radical (unpaired) electrons. The highest BCUT2D eigenvalue weighted by Crippen LogP contribution is 2.31. The van der Waals surface area contributed by atoms with E-state index in [-0.39, 0.29) is 0 Å². The van der Waals surface area contributed by atoms with Gasteiger partial charge in [-0.3, -0.25) is 0 Å². The van der Waals surface area contributed by atoms with Gasteiger partial charge in [0.2, 0.25) is 0 Å². The predicted molar refractivity (Wildman–Crippen MR) is 42.9 cm³/mol. The van der Waals surface area contributed by atoms with E-state index in [1.54, 1.807) is 0 Å². The van der Waals surface area contributed by atoms with Crippen LogP contribution in [0.5, 0.6) is 0 Å². The SMILES string of the molecule is Nc1cc(CC2CC2)ncn1. The second kappa shape index (κ2) is 2.49. The third-order valence-corrected chi connectivity index (χ3v) is 1.94. The molecule has 1 aromatic heterocycles. The molecule has 0 aromatic carbocycles. The molecule has 1 aromatic rings. The number of hydrogen-bond donors (Lipinski definition) is 1. The number of nitrogens with zero attached hydrogens (tertiary/aromatic N) is 2. The minimum atomic E-state index is 0.579. The Morgan fingerprint density at radius 2 is 2.27 bits per heavy atom. The summed E-state index contributed by atoms with van der Waals surface area (Å²) in [6.45, 7) is 0. The van der Waals surface area contributed by atoms with Gasteiger partial charge in [0.05, 0.1) is 0 Å². The Morgan fingerprint density at radius 3 is 2.91 bits per heavy atom. The maximum atomic E-state index is 5.50. The molecule has 58 valence electrons. The minimum Gasteiger partial charge on any atom is -0.384 e. The first-order valence-electron chi connectivity index (χ1n) is 3.91. The molecule has 0 aliphatic heterocycles. The monoisotopic (exact) mass is 149 g/mol. The van der Waals surface area contributed by atoms with Gasteiger partial charge in [-0.1, -0.05) is 0 Å². The summed E-state index contributed by atoms with van der Waals surface area (Å²) in [6, 6.07) is 1.86. The molecule has 0 spiro atoms. The average Bonchev–Trinajstić information content (AvgIpc) is 2.71. The fourth-order valence-electron chi connectivity index (χ4n) is 1.14. The van der Waals surface area contributed by atoms with Gasteiger partial charge in [-0.05, 0) is 25.2 Å². The van der Waals surface area contributed by atoms with Gasteiger partial charge in [0.1, 0.15) is 12.1 Å². The molecule has 3 nitrogen and oxygen atoms in total. The van der Waals surface area contributed by atoms with Gasteiger partial charge in [0, 0.05) is 11.8 Å². The van der Waals surface area contributed by atoms with Gasteiger partial charge in [-0.15, -0.1) is 0 Å². The third kappa shape index (κ3) is 1.67. The van der Waals surface area contributed by atoms with Gasteiger partial charge in [-0.2, -0.15) is 0 Å². The zero-order valence-corrected chi connectivity index (χ0v) is 6.33. The summed E-state index contributed by atoms with van der Waals surface area (Å²) in [5, 5.41) is 0. The molecule has 2 N–H and O–H groups in total. The lowest BCUT2D eigenvalue weighted by Crippen LogP contribution is -1.96. The summed E-state index contributed by atoms with van der Waals surface area (Å²) in [5.74, 6) is 1.44. The number of nitrogen functional groups attached to an aromatic ring is 1. The molecule has 0 amide bonds. The highest BCUT2D eigenvalue weighted by molar-refractivity contribution is 5.28. The molecule has 1 aliphatic rings. The lowest BCUT2D eigenvalue weighted by molar-refractivity contribution is 0.800. The fourth-order valence-corrected chi connectivity index (χ4v) is 1.14. The number of hydrogen-bond acceptors (Lipinski definition) is 3. The zero-order valence-electron chi connectivity index (χ0n) is 6.33. The number of rotatable bonds is 2. The van der Waals surface area contributed by atoms with E-state index in [0.717, 1.165) is 18.0 Å². The molecule has 0 saturated heterocycles. The van der Waals surface area contributed by atoms with Crippen molar-refractivity contribution in [1.82, 2.24) is 9.97 Å². The Kier molecular flexibility index (Phi) is 1.49. The normalized spacial score (nSPS) is 16.7. The van der Waals surface area contributed by atoms with Gasteiger partial charge in [0.25, 0.3) is 0 Å². The van der Waals surface area contributed by atoms with E-state index in [9.17, 15) is 0 Å². The molecular formula is C8H11N3. The minimum absolute atomic E-state index is 0.579. The van der Waals surface area contributed by atoms with Crippen LogP contribution in [-0.2, 0) is 6.42 Å². The Balaban J connectivity index is 2.10. The van der Waals surface area contributed by atoms with Crippen molar-refractivity contribution in [3.8, 4) is 0 Å². The van der Waals surface area contributed by atoms with Crippen molar-refractivity contribution in [3.63, 3.8) is 0 Å². The van der Waals surface area contributed by atoms with E-state index in [4.69, 9.17) is 5.73 Å². The first kappa shape index (κ1) is 6.58. The molecule has 0 bridgehead atoms. The highest BCUT2D eigenvalue weighted by Gasteiger charge is 2.21. The molecule has 11 heavy (non-hydrogen) atoms. The lowest BCUT2D eigenvalue weighted by Gasteiger charge is -1.97. The summed E-state index contributed by atoms with van der Waals surface area (Å²) in [7, 11) is 0. The summed E-state index contributed by atoms with van der Waals surface area (Å²) in [5.41, 5.74) is 6.59. The van der Waals surface area contributed by atoms with Crippen LogP contribution in [0.2, 0.25) is 0 Å². The second-order valence-electron chi connectivity index (χ2n) is 3.08. The molecule has 1 fully saturated rings. The summed E-state index contributed by atoms with van der Waals surface area (Å²) in [4.78, 5) is 7.96. The molecular weight excluding hydrogens is 138 g/mol. The van der Waals surface area contributed by atoms with Crippen LogP contribution in [0.4, 0.5) is 5.82 Å². The van der Waals surface area contributed by atoms with Crippen molar-refractivity contribution >= 4 is 5.82 Å². The average molecular weight is 149 g/mol. The zero-order chi connectivity index (χ0) is 7.68. The molecule has 3 heteroatoms. The smallest absolute Gasteiger partial charge is 0.126 e. The lowest BCUT2D eigenvalue weighted by atomic mass is 10.2. The van der Waals surface area contributed by atoms with Gasteiger partial charge >= 0.3 is 0 Å². The van der Waals surface area contributed by atoms with E-state index in [1.807, 2.05) is 6.07 Å². The summed E-state index contributed by atoms with van der Waals surface area (Å²) >= 11 is 0. The van der Waals surface area contributed by atoms with Crippen molar-refractivity contribution in [2.75, 3.05) is 5.73 Å². The van der Waals surface area contributed by atoms with Crippen LogP contribution < -0.4 is 5.73 Å². The van der Waals surface area contributed by atoms with Crippen LogP contribution in [0.15, 0.2) is 12.4 Å². The van der Waals surface area contributed by atoms with Gasteiger partial charge in [-0.25, -0.2) is 9.97 Å². The summed E-state index contributed by atoms with van der Waals surface area (Å²) in [6.07, 6.45) is 5.31. The molecule has 0 unspecified atom stereocenters. The van der Waals surface area contributed by atoms with Crippen LogP contribution in [0.25, 0.3) is 0 Å². The predicted octanol–water partition coefficient (Wildman–Crippen LogP) is 1.01. The molecule has 1 aliphatic carbocycles. The first-order valence-corrected chi connectivity index (χ1v) is 3.91. The molecule has 1 saturated carbocycles. The van der Waals surface area contributed by atoms with E-state index < -0.39 is 0 Å². The number of nitrogens with two attached hydrogens (primary N) is 1. The summed E-state index contributed by atoms with van der Waals surface area (Å²) < 4.78 is 0. The number of anilines is 1. The quantitative estimate of drug-likeness (QED) is 0.682. The van der Waals surface area contributed by atoms with Crippen molar-refractivity contribution in [1.29, 1.82) is 0 Å². The second-order valence-corrected chi connectivity index (χ2v) is 3.08. The van der Waals surface area contributed by atoms with Gasteiger partial charge < -0.3 is 5.73 Å². The van der Waals surface area contributed by atoms with Crippen molar-refractivity contribution in [3.05, 3.63) is 18.1 Å². The third-order valence-electron chi connectivity index (χ3n) is 1.94. The molecule has 2 rings (SSSR count). The number of aromatic nitrogens is 2. The topological polar surface area (TPSA) is 51.8 Å². The Labute approximate surface area is 65.7 Å². The van der Waals surface area contributed by atoms with Crippen LogP contribution in [0.3, 0.4) is 0 Å². The van der Waals surface area contributed by atoms with E-state index >= 15 is 0 Å². The Bertz CT molecular complexity index is 255. The first-order chi connectivity index (χ1) is 5.34. The van der Waals surface area contributed by atoms with Crippen LogP contribution in [0.1, 0.15) is 18.5 Å². The van der Waals surface area contributed by atoms with Crippen molar-refractivity contribution in [2.45, 2.75) is 19.3 Å². The molecule has 1 heterocycles. The Morgan fingerprint density at radius 1 is 1.45 bits per heavy atom. The van der Waals surface area contributed by atoms with E-state index in [1.165, 1.54) is 19.2 Å². The van der Waals surface area contributed by atoms with Gasteiger partial charge in [0.15, 0.2) is 0 Å². The van der Waals surface area contributed by atoms with Crippen LogP contribution >= 0.6 is 0 Å².